The van der Waals surface area contributed by atoms with Gasteiger partial charge in [0, 0.05) is 6.42 Å². The molecule has 2 aromatic rings. The van der Waals surface area contributed by atoms with Crippen LogP contribution in [0.3, 0.4) is 0 Å². The third-order valence-electron chi connectivity index (χ3n) is 3.66. The zero-order valence-corrected chi connectivity index (χ0v) is 13.6. The maximum Gasteiger partial charge on any atom is 0.286 e. The van der Waals surface area contributed by atoms with Gasteiger partial charge in [-0.1, -0.05) is 36.0 Å². The maximum absolute atomic E-state index is 13.1. The third-order valence-corrected chi connectivity index (χ3v) is 4.64. The van der Waals surface area contributed by atoms with Gasteiger partial charge >= 0.3 is 0 Å². The molecule has 1 N–H and O–H groups in total. The van der Waals surface area contributed by atoms with Gasteiger partial charge in [0.25, 0.3) is 5.24 Å². The van der Waals surface area contributed by atoms with E-state index in [0.29, 0.717) is 19.4 Å². The first kappa shape index (κ1) is 16.5. The van der Waals surface area contributed by atoms with Crippen molar-refractivity contribution in [2.75, 3.05) is 6.61 Å². The van der Waals surface area contributed by atoms with Crippen LogP contribution in [0.4, 0.5) is 9.18 Å². The molecule has 6 heteroatoms. The van der Waals surface area contributed by atoms with Gasteiger partial charge in [-0.25, -0.2) is 4.39 Å². The van der Waals surface area contributed by atoms with E-state index in [2.05, 4.69) is 5.32 Å². The summed E-state index contributed by atoms with van der Waals surface area (Å²) in [6.45, 7) is 0.457. The minimum absolute atomic E-state index is 0.236. The minimum atomic E-state index is -0.364. The lowest BCUT2D eigenvalue weighted by Gasteiger charge is -2.09. The molecule has 124 valence electrons. The van der Waals surface area contributed by atoms with Crippen molar-refractivity contribution < 1.29 is 18.7 Å². The predicted molar refractivity (Wildman–Crippen MR) is 90.7 cm³/mol. The molecule has 1 aliphatic rings. The van der Waals surface area contributed by atoms with Crippen molar-refractivity contribution in [2.24, 2.45) is 0 Å². The molecule has 1 heterocycles. The van der Waals surface area contributed by atoms with Gasteiger partial charge in [-0.2, -0.15) is 0 Å². The number of ether oxygens (including phenoxy) is 1. The van der Waals surface area contributed by atoms with Crippen LogP contribution in [0.15, 0.2) is 48.5 Å². The highest BCUT2D eigenvalue weighted by Gasteiger charge is 2.31. The van der Waals surface area contributed by atoms with Crippen LogP contribution in [-0.2, 0) is 17.6 Å². The predicted octanol–water partition coefficient (Wildman–Crippen LogP) is 3.34. The number of imide groups is 1. The molecule has 1 unspecified atom stereocenters. The highest BCUT2D eigenvalue weighted by molar-refractivity contribution is 8.15. The topological polar surface area (TPSA) is 55.4 Å². The first-order valence-electron chi connectivity index (χ1n) is 7.58. The number of hydrogen-bond donors (Lipinski definition) is 1. The molecule has 1 fully saturated rings. The number of halogens is 1. The minimum Gasteiger partial charge on any atom is -0.493 e. The molecule has 0 radical (unpaired) electrons. The van der Waals surface area contributed by atoms with Gasteiger partial charge in [-0.05, 0) is 41.8 Å². The molecule has 0 saturated carbocycles. The molecule has 0 aromatic heterocycles. The summed E-state index contributed by atoms with van der Waals surface area (Å²) >= 11 is 1.02. The average Bonchev–Trinajstić information content (AvgIpc) is 2.87. The van der Waals surface area contributed by atoms with E-state index in [1.54, 1.807) is 6.07 Å². The molecule has 1 atom stereocenters. The van der Waals surface area contributed by atoms with Gasteiger partial charge in [0.2, 0.25) is 5.91 Å². The van der Waals surface area contributed by atoms with E-state index in [4.69, 9.17) is 4.74 Å². The van der Waals surface area contributed by atoms with Crippen molar-refractivity contribution in [3.05, 3.63) is 65.5 Å². The number of nitrogens with one attached hydrogen (secondary N) is 1. The molecule has 24 heavy (non-hydrogen) atoms. The van der Waals surface area contributed by atoms with Gasteiger partial charge in [0.1, 0.15) is 11.6 Å². The van der Waals surface area contributed by atoms with Gasteiger partial charge in [0.15, 0.2) is 0 Å². The number of amides is 2. The Morgan fingerprint density at radius 2 is 1.88 bits per heavy atom. The average molecular weight is 345 g/mol. The molecule has 0 spiro atoms. The smallest absolute Gasteiger partial charge is 0.286 e. The van der Waals surface area contributed by atoms with Crippen molar-refractivity contribution in [2.45, 2.75) is 18.1 Å². The Morgan fingerprint density at radius 1 is 1.08 bits per heavy atom. The summed E-state index contributed by atoms with van der Waals surface area (Å²) in [7, 11) is 0. The Balaban J connectivity index is 1.49. The maximum atomic E-state index is 13.1. The molecule has 0 aliphatic carbocycles. The van der Waals surface area contributed by atoms with Crippen molar-refractivity contribution in [1.82, 2.24) is 5.32 Å². The zero-order chi connectivity index (χ0) is 16.9. The fourth-order valence-corrected chi connectivity index (χ4v) is 3.30. The summed E-state index contributed by atoms with van der Waals surface area (Å²) in [5.74, 6) is 0.235. The zero-order valence-electron chi connectivity index (χ0n) is 12.8. The van der Waals surface area contributed by atoms with E-state index in [1.165, 1.54) is 12.1 Å². The summed E-state index contributed by atoms with van der Waals surface area (Å²) < 4.78 is 18.7. The van der Waals surface area contributed by atoms with Gasteiger partial charge < -0.3 is 4.74 Å². The molecule has 2 amide bonds. The van der Waals surface area contributed by atoms with Crippen LogP contribution in [0.1, 0.15) is 11.1 Å². The molecule has 3 rings (SSSR count). The quantitative estimate of drug-likeness (QED) is 0.872. The van der Waals surface area contributed by atoms with Crippen molar-refractivity contribution in [1.29, 1.82) is 0 Å². The van der Waals surface area contributed by atoms with E-state index in [-0.39, 0.29) is 22.2 Å². The highest BCUT2D eigenvalue weighted by Crippen LogP contribution is 2.23. The highest BCUT2D eigenvalue weighted by atomic mass is 32.2. The first-order chi connectivity index (χ1) is 11.6. The Morgan fingerprint density at radius 3 is 2.54 bits per heavy atom. The lowest BCUT2D eigenvalue weighted by molar-refractivity contribution is -0.118. The number of rotatable bonds is 6. The second-order valence-corrected chi connectivity index (χ2v) is 6.64. The van der Waals surface area contributed by atoms with Crippen LogP contribution >= 0.6 is 11.8 Å². The van der Waals surface area contributed by atoms with Crippen molar-refractivity contribution >= 4 is 22.9 Å². The molecular weight excluding hydrogens is 329 g/mol. The standard InChI is InChI=1S/C18H16FNO3S/c19-14-3-1-2-12(10-14)8-9-23-15-6-4-13(5-7-15)11-16-17(21)20-18(22)24-16/h1-7,10,16H,8-9,11H2,(H,20,21,22). The second kappa shape index (κ2) is 7.49. The molecular formula is C18H16FNO3S. The Bertz CT molecular complexity index is 748. The second-order valence-electron chi connectivity index (χ2n) is 5.46. The van der Waals surface area contributed by atoms with E-state index in [1.807, 2.05) is 30.3 Å². The van der Waals surface area contributed by atoms with Crippen LogP contribution in [0, 0.1) is 5.82 Å². The lowest BCUT2D eigenvalue weighted by Crippen LogP contribution is -2.25. The van der Waals surface area contributed by atoms with E-state index in [9.17, 15) is 14.0 Å². The molecule has 0 bridgehead atoms. The van der Waals surface area contributed by atoms with E-state index >= 15 is 0 Å². The molecule has 2 aromatic carbocycles. The summed E-state index contributed by atoms with van der Waals surface area (Å²) in [6, 6.07) is 13.9. The van der Waals surface area contributed by atoms with E-state index in [0.717, 1.165) is 28.6 Å². The number of carbonyl (C=O) groups excluding carboxylic acids is 2. The third kappa shape index (κ3) is 4.35. The number of thioether (sulfide) groups is 1. The Labute approximate surface area is 143 Å². The summed E-state index contributed by atoms with van der Waals surface area (Å²) in [6.07, 6.45) is 1.13. The molecule has 1 aliphatic heterocycles. The largest absolute Gasteiger partial charge is 0.493 e. The molecule has 4 nitrogen and oxygen atoms in total. The SMILES string of the molecule is O=C1NC(=O)C(Cc2ccc(OCCc3cccc(F)c3)cc2)S1. The monoisotopic (exact) mass is 345 g/mol. The van der Waals surface area contributed by atoms with E-state index < -0.39 is 0 Å². The summed E-state index contributed by atoms with van der Waals surface area (Å²) in [4.78, 5) is 22.7. The van der Waals surface area contributed by atoms with Crippen LogP contribution in [0.25, 0.3) is 0 Å². The number of benzene rings is 2. The number of carbonyl (C=O) groups is 2. The summed E-state index contributed by atoms with van der Waals surface area (Å²) in [5.41, 5.74) is 1.86. The van der Waals surface area contributed by atoms with Crippen molar-refractivity contribution in [3.63, 3.8) is 0 Å². The Hall–Kier alpha value is -2.34. The Kier molecular flexibility index (Phi) is 5.15. The molecule has 1 saturated heterocycles. The van der Waals surface area contributed by atoms with Gasteiger partial charge in [0.05, 0.1) is 11.9 Å². The fourth-order valence-electron chi connectivity index (χ4n) is 2.44. The van der Waals surface area contributed by atoms with Crippen LogP contribution < -0.4 is 10.1 Å². The number of hydrogen-bond acceptors (Lipinski definition) is 4. The van der Waals surface area contributed by atoms with Gasteiger partial charge in [-0.15, -0.1) is 0 Å². The van der Waals surface area contributed by atoms with Crippen LogP contribution in [0.5, 0.6) is 5.75 Å². The van der Waals surface area contributed by atoms with Crippen LogP contribution in [0.2, 0.25) is 0 Å². The first-order valence-corrected chi connectivity index (χ1v) is 8.46. The van der Waals surface area contributed by atoms with Crippen LogP contribution in [-0.4, -0.2) is 23.0 Å². The van der Waals surface area contributed by atoms with Crippen molar-refractivity contribution in [3.8, 4) is 5.75 Å². The van der Waals surface area contributed by atoms with Gasteiger partial charge in [-0.3, -0.25) is 14.9 Å². The normalized spacial score (nSPS) is 17.0. The lowest BCUT2D eigenvalue weighted by atomic mass is 10.1. The fraction of sp³-hybridized carbons (Fsp3) is 0.222. The summed E-state index contributed by atoms with van der Waals surface area (Å²) in [5, 5.41) is 1.63.